The van der Waals surface area contributed by atoms with Gasteiger partial charge in [0.15, 0.2) is 0 Å². The normalized spacial score (nSPS) is 10.9. The van der Waals surface area contributed by atoms with Crippen molar-refractivity contribution in [3.8, 4) is 0 Å². The average Bonchev–Trinajstić information content (AvgIpc) is 2.30. The smallest absolute Gasteiger partial charge is 0.0720 e. The molecule has 0 radical (unpaired) electrons. The molecule has 0 aliphatic heterocycles. The SMILES string of the molecule is CCCCCc1cc(Cl)c2ccccc2n1. The van der Waals surface area contributed by atoms with Crippen LogP contribution in [-0.4, -0.2) is 4.98 Å². The van der Waals surface area contributed by atoms with Crippen LogP contribution in [0.1, 0.15) is 31.9 Å². The first-order valence-corrected chi connectivity index (χ1v) is 6.23. The van der Waals surface area contributed by atoms with Crippen LogP contribution in [0.2, 0.25) is 5.02 Å². The lowest BCUT2D eigenvalue weighted by atomic mass is 10.1. The summed E-state index contributed by atoms with van der Waals surface area (Å²) in [6.07, 6.45) is 4.71. The lowest BCUT2D eigenvalue weighted by Gasteiger charge is -2.04. The number of pyridine rings is 1. The molecule has 1 aromatic carbocycles. The fourth-order valence-corrected chi connectivity index (χ4v) is 2.15. The highest BCUT2D eigenvalue weighted by molar-refractivity contribution is 6.35. The third-order valence-electron chi connectivity index (χ3n) is 2.76. The van der Waals surface area contributed by atoms with E-state index in [-0.39, 0.29) is 0 Å². The quantitative estimate of drug-likeness (QED) is 0.703. The fraction of sp³-hybridized carbons (Fsp3) is 0.357. The molecule has 1 heterocycles. The topological polar surface area (TPSA) is 12.9 Å². The van der Waals surface area contributed by atoms with Gasteiger partial charge in [0.25, 0.3) is 0 Å². The molecular weight excluding hydrogens is 218 g/mol. The van der Waals surface area contributed by atoms with Crippen LogP contribution in [0.5, 0.6) is 0 Å². The Hall–Kier alpha value is -1.08. The number of hydrogen-bond donors (Lipinski definition) is 0. The lowest BCUT2D eigenvalue weighted by molar-refractivity contribution is 0.709. The van der Waals surface area contributed by atoms with E-state index < -0.39 is 0 Å². The van der Waals surface area contributed by atoms with E-state index in [0.29, 0.717) is 0 Å². The summed E-state index contributed by atoms with van der Waals surface area (Å²) in [5.41, 5.74) is 2.11. The first kappa shape index (κ1) is 11.4. The number of fused-ring (bicyclic) bond motifs is 1. The van der Waals surface area contributed by atoms with Gasteiger partial charge in [0, 0.05) is 11.1 Å². The minimum atomic E-state index is 0.817. The standard InChI is InChI=1S/C14H16ClN/c1-2-3-4-7-11-10-13(15)12-8-5-6-9-14(12)16-11/h5-6,8-10H,2-4,7H2,1H3. The molecular formula is C14H16ClN. The molecule has 1 aromatic heterocycles. The summed E-state index contributed by atoms with van der Waals surface area (Å²) in [6.45, 7) is 2.21. The molecule has 16 heavy (non-hydrogen) atoms. The number of para-hydroxylation sites is 1. The van der Waals surface area contributed by atoms with Crippen molar-refractivity contribution >= 4 is 22.5 Å². The predicted molar refractivity (Wildman–Crippen MR) is 70.0 cm³/mol. The van der Waals surface area contributed by atoms with Crippen LogP contribution in [0.25, 0.3) is 10.9 Å². The zero-order chi connectivity index (χ0) is 11.4. The lowest BCUT2D eigenvalue weighted by Crippen LogP contribution is -1.91. The van der Waals surface area contributed by atoms with Gasteiger partial charge in [-0.15, -0.1) is 0 Å². The molecule has 0 aliphatic rings. The van der Waals surface area contributed by atoms with Crippen molar-refractivity contribution in [1.29, 1.82) is 0 Å². The first-order valence-electron chi connectivity index (χ1n) is 5.85. The van der Waals surface area contributed by atoms with E-state index in [1.807, 2.05) is 30.3 Å². The van der Waals surface area contributed by atoms with E-state index in [2.05, 4.69) is 11.9 Å². The van der Waals surface area contributed by atoms with E-state index in [4.69, 9.17) is 11.6 Å². The molecule has 2 rings (SSSR count). The van der Waals surface area contributed by atoms with E-state index in [0.717, 1.165) is 28.0 Å². The number of unbranched alkanes of at least 4 members (excludes halogenated alkanes) is 2. The number of benzene rings is 1. The molecule has 1 nitrogen and oxygen atoms in total. The molecule has 0 saturated heterocycles. The second-order valence-corrected chi connectivity index (χ2v) is 4.48. The van der Waals surface area contributed by atoms with Crippen molar-refractivity contribution < 1.29 is 0 Å². The number of rotatable bonds is 4. The summed E-state index contributed by atoms with van der Waals surface area (Å²) < 4.78 is 0. The monoisotopic (exact) mass is 233 g/mol. The maximum Gasteiger partial charge on any atom is 0.0720 e. The largest absolute Gasteiger partial charge is 0.253 e. The van der Waals surface area contributed by atoms with Crippen LogP contribution < -0.4 is 0 Å². The highest BCUT2D eigenvalue weighted by Crippen LogP contribution is 2.23. The van der Waals surface area contributed by atoms with Crippen LogP contribution in [-0.2, 0) is 6.42 Å². The van der Waals surface area contributed by atoms with E-state index in [9.17, 15) is 0 Å². The van der Waals surface area contributed by atoms with Gasteiger partial charge in [-0.2, -0.15) is 0 Å². The Labute approximate surface area is 101 Å². The second kappa shape index (κ2) is 5.31. The Bertz CT molecular complexity index is 479. The Morgan fingerprint density at radius 3 is 2.81 bits per heavy atom. The Morgan fingerprint density at radius 1 is 1.19 bits per heavy atom. The van der Waals surface area contributed by atoms with Gasteiger partial charge in [-0.05, 0) is 25.0 Å². The van der Waals surface area contributed by atoms with Gasteiger partial charge in [-0.1, -0.05) is 49.6 Å². The highest BCUT2D eigenvalue weighted by atomic mass is 35.5. The van der Waals surface area contributed by atoms with Crippen molar-refractivity contribution in [3.63, 3.8) is 0 Å². The maximum atomic E-state index is 6.23. The Balaban J connectivity index is 2.27. The van der Waals surface area contributed by atoms with Gasteiger partial charge in [0.2, 0.25) is 0 Å². The molecule has 0 N–H and O–H groups in total. The fourth-order valence-electron chi connectivity index (χ4n) is 1.87. The molecule has 0 saturated carbocycles. The Kier molecular flexibility index (Phi) is 3.79. The Morgan fingerprint density at radius 2 is 2.00 bits per heavy atom. The zero-order valence-corrected chi connectivity index (χ0v) is 10.3. The number of hydrogen-bond acceptors (Lipinski definition) is 1. The van der Waals surface area contributed by atoms with Crippen LogP contribution >= 0.6 is 11.6 Å². The second-order valence-electron chi connectivity index (χ2n) is 4.07. The summed E-state index contributed by atoms with van der Waals surface area (Å²) >= 11 is 6.23. The molecule has 2 heteroatoms. The van der Waals surface area contributed by atoms with Crippen LogP contribution in [0.3, 0.4) is 0 Å². The summed E-state index contributed by atoms with van der Waals surface area (Å²) in [6, 6.07) is 10.0. The van der Waals surface area contributed by atoms with Crippen molar-refractivity contribution in [2.24, 2.45) is 0 Å². The zero-order valence-electron chi connectivity index (χ0n) is 9.54. The van der Waals surface area contributed by atoms with E-state index in [1.54, 1.807) is 0 Å². The third kappa shape index (κ3) is 2.53. The van der Waals surface area contributed by atoms with Crippen LogP contribution in [0.15, 0.2) is 30.3 Å². The molecule has 0 aliphatic carbocycles. The molecule has 84 valence electrons. The number of aryl methyl sites for hydroxylation is 1. The van der Waals surface area contributed by atoms with Gasteiger partial charge < -0.3 is 0 Å². The van der Waals surface area contributed by atoms with Crippen molar-refractivity contribution in [3.05, 3.63) is 41.0 Å². The molecule has 0 bridgehead atoms. The molecule has 0 atom stereocenters. The number of aromatic nitrogens is 1. The minimum absolute atomic E-state index is 0.817. The minimum Gasteiger partial charge on any atom is -0.253 e. The number of halogens is 1. The molecule has 0 amide bonds. The van der Waals surface area contributed by atoms with Gasteiger partial charge in [0.05, 0.1) is 10.5 Å². The predicted octanol–water partition coefficient (Wildman–Crippen LogP) is 4.62. The first-order chi connectivity index (χ1) is 7.81. The van der Waals surface area contributed by atoms with Gasteiger partial charge in [-0.3, -0.25) is 4.98 Å². The average molecular weight is 234 g/mol. The van der Waals surface area contributed by atoms with E-state index in [1.165, 1.54) is 19.3 Å². The molecule has 0 fully saturated rings. The van der Waals surface area contributed by atoms with Crippen LogP contribution in [0.4, 0.5) is 0 Å². The maximum absolute atomic E-state index is 6.23. The van der Waals surface area contributed by atoms with Crippen molar-refractivity contribution in [2.45, 2.75) is 32.6 Å². The summed E-state index contributed by atoms with van der Waals surface area (Å²) in [5, 5.41) is 1.86. The van der Waals surface area contributed by atoms with E-state index >= 15 is 0 Å². The van der Waals surface area contributed by atoms with Crippen molar-refractivity contribution in [1.82, 2.24) is 4.98 Å². The van der Waals surface area contributed by atoms with Crippen molar-refractivity contribution in [2.75, 3.05) is 0 Å². The molecule has 2 aromatic rings. The number of nitrogens with zero attached hydrogens (tertiary/aromatic N) is 1. The van der Waals surface area contributed by atoms with Gasteiger partial charge in [0.1, 0.15) is 0 Å². The third-order valence-corrected chi connectivity index (χ3v) is 3.07. The van der Waals surface area contributed by atoms with Crippen LogP contribution in [0, 0.1) is 0 Å². The summed E-state index contributed by atoms with van der Waals surface area (Å²) in [4.78, 5) is 4.62. The summed E-state index contributed by atoms with van der Waals surface area (Å²) in [7, 11) is 0. The highest BCUT2D eigenvalue weighted by Gasteiger charge is 2.03. The molecule has 0 spiro atoms. The van der Waals surface area contributed by atoms with Gasteiger partial charge in [-0.25, -0.2) is 0 Å². The summed E-state index contributed by atoms with van der Waals surface area (Å²) in [5.74, 6) is 0. The molecule has 0 unspecified atom stereocenters. The van der Waals surface area contributed by atoms with Gasteiger partial charge >= 0.3 is 0 Å².